The summed E-state index contributed by atoms with van der Waals surface area (Å²) < 4.78 is 29.1. The monoisotopic (exact) mass is 553 g/mol. The molecule has 2 fully saturated rings. The Balaban J connectivity index is 1.65. The highest BCUT2D eigenvalue weighted by atomic mass is 32.2. The van der Waals surface area contributed by atoms with E-state index < -0.39 is 15.9 Å². The van der Waals surface area contributed by atoms with Crippen molar-refractivity contribution in [3.8, 4) is 0 Å². The van der Waals surface area contributed by atoms with Crippen LogP contribution >= 0.6 is 0 Å². The van der Waals surface area contributed by atoms with Gasteiger partial charge < -0.3 is 4.90 Å². The van der Waals surface area contributed by atoms with Crippen molar-refractivity contribution in [3.05, 3.63) is 41.6 Å². The normalized spacial score (nSPS) is 25.1. The summed E-state index contributed by atoms with van der Waals surface area (Å²) in [4.78, 5) is 40.0. The minimum absolute atomic E-state index is 0.0346. The molecule has 3 aliphatic rings. The summed E-state index contributed by atoms with van der Waals surface area (Å²) >= 11 is 0. The molecule has 0 spiro atoms. The molecule has 210 valence electrons. The standard InChI is InChI=1S/C29H39N5O4S/c1-28(2,3)22-16-15-21-26(30-22)33-18-19(17-29(33,4)5)13-14-20-9-6-7-12-25(35)34(20)23-10-8-11-24(31-23)39(37,38)32-27(21)36/h8,10-11,15-16,19-20H,6-7,9,12-14,17-18H2,1-5H3,(H,32,36)/t19-,20?/m0/s1. The lowest BCUT2D eigenvalue weighted by atomic mass is 9.90. The molecule has 0 aliphatic carbocycles. The maximum atomic E-state index is 13.6. The van der Waals surface area contributed by atoms with E-state index in [1.165, 1.54) is 6.07 Å². The first-order valence-corrected chi connectivity index (χ1v) is 15.4. The van der Waals surface area contributed by atoms with Crippen molar-refractivity contribution in [2.75, 3.05) is 16.3 Å². The van der Waals surface area contributed by atoms with Crippen molar-refractivity contribution < 1.29 is 18.0 Å². The van der Waals surface area contributed by atoms with Crippen LogP contribution < -0.4 is 14.5 Å². The van der Waals surface area contributed by atoms with Crippen LogP contribution in [0.1, 0.15) is 95.6 Å². The van der Waals surface area contributed by atoms with Gasteiger partial charge in [0.2, 0.25) is 5.91 Å². The van der Waals surface area contributed by atoms with Crippen molar-refractivity contribution in [1.29, 1.82) is 0 Å². The Labute approximate surface area is 231 Å². The van der Waals surface area contributed by atoms with E-state index in [-0.39, 0.29) is 33.5 Å². The van der Waals surface area contributed by atoms with Gasteiger partial charge in [-0.2, -0.15) is 8.42 Å². The highest BCUT2D eigenvalue weighted by molar-refractivity contribution is 7.90. The second-order valence-corrected chi connectivity index (χ2v) is 14.4. The molecule has 1 unspecified atom stereocenters. The summed E-state index contributed by atoms with van der Waals surface area (Å²) in [5.41, 5.74) is 0.508. The number of sulfonamides is 1. The number of hydrogen-bond donors (Lipinski definition) is 1. The lowest BCUT2D eigenvalue weighted by Gasteiger charge is -2.34. The molecule has 0 radical (unpaired) electrons. The molecule has 2 saturated heterocycles. The molecule has 10 heteroatoms. The molecule has 0 aromatic carbocycles. The van der Waals surface area contributed by atoms with Crippen molar-refractivity contribution in [2.24, 2.45) is 5.92 Å². The minimum Gasteiger partial charge on any atom is -0.351 e. The number of fused-ring (bicyclic) bond motifs is 8. The van der Waals surface area contributed by atoms with E-state index in [9.17, 15) is 18.0 Å². The van der Waals surface area contributed by atoms with Crippen molar-refractivity contribution >= 4 is 33.5 Å². The van der Waals surface area contributed by atoms with Crippen LogP contribution in [0.25, 0.3) is 0 Å². The summed E-state index contributed by atoms with van der Waals surface area (Å²) in [6.45, 7) is 11.2. The molecule has 0 saturated carbocycles. The maximum absolute atomic E-state index is 13.6. The maximum Gasteiger partial charge on any atom is 0.281 e. The lowest BCUT2D eigenvalue weighted by Crippen LogP contribution is -2.41. The summed E-state index contributed by atoms with van der Waals surface area (Å²) in [7, 11) is -4.31. The van der Waals surface area contributed by atoms with Gasteiger partial charge in [-0.05, 0) is 76.1 Å². The summed E-state index contributed by atoms with van der Waals surface area (Å²) in [6, 6.07) is 8.04. The number of anilines is 2. The highest BCUT2D eigenvalue weighted by Crippen LogP contribution is 2.41. The minimum atomic E-state index is -4.31. The second-order valence-electron chi connectivity index (χ2n) is 12.8. The van der Waals surface area contributed by atoms with E-state index in [1.54, 1.807) is 29.2 Å². The predicted octanol–water partition coefficient (Wildman–Crippen LogP) is 4.57. The van der Waals surface area contributed by atoms with E-state index in [1.807, 2.05) is 0 Å². The van der Waals surface area contributed by atoms with Crippen molar-refractivity contribution in [2.45, 2.75) is 102 Å². The number of aromatic nitrogens is 2. The zero-order chi connectivity index (χ0) is 28.2. The van der Waals surface area contributed by atoms with Crippen LogP contribution in [-0.4, -0.2) is 48.3 Å². The van der Waals surface area contributed by atoms with Crippen LogP contribution in [0.5, 0.6) is 0 Å². The van der Waals surface area contributed by atoms with Gasteiger partial charge in [0.15, 0.2) is 5.03 Å². The number of pyridine rings is 2. The third-order valence-corrected chi connectivity index (χ3v) is 9.51. The summed E-state index contributed by atoms with van der Waals surface area (Å²) in [5, 5.41) is -0.290. The molecule has 5 heterocycles. The van der Waals surface area contributed by atoms with E-state index >= 15 is 0 Å². The molecule has 1 N–H and O–H groups in total. The second kappa shape index (κ2) is 9.87. The largest absolute Gasteiger partial charge is 0.351 e. The van der Waals surface area contributed by atoms with Crippen LogP contribution in [-0.2, 0) is 20.2 Å². The van der Waals surface area contributed by atoms with Gasteiger partial charge in [0, 0.05) is 35.7 Å². The van der Waals surface area contributed by atoms with E-state index in [2.05, 4.69) is 49.2 Å². The van der Waals surface area contributed by atoms with Gasteiger partial charge in [-0.3, -0.25) is 14.5 Å². The number of rotatable bonds is 0. The fourth-order valence-corrected chi connectivity index (χ4v) is 7.17. The smallest absolute Gasteiger partial charge is 0.281 e. The van der Waals surface area contributed by atoms with Gasteiger partial charge in [0.1, 0.15) is 11.6 Å². The number of carbonyl (C=O) groups excluding carboxylic acids is 2. The van der Waals surface area contributed by atoms with Gasteiger partial charge in [-0.1, -0.05) is 33.3 Å². The zero-order valence-electron chi connectivity index (χ0n) is 23.5. The number of hydrogen-bond acceptors (Lipinski definition) is 7. The third-order valence-electron chi connectivity index (χ3n) is 8.28. The molecule has 2 amide bonds. The van der Waals surface area contributed by atoms with Crippen LogP contribution in [0.15, 0.2) is 35.4 Å². The first kappa shape index (κ1) is 27.6. The quantitative estimate of drug-likeness (QED) is 0.509. The lowest BCUT2D eigenvalue weighted by molar-refractivity contribution is -0.118. The van der Waals surface area contributed by atoms with Crippen molar-refractivity contribution in [3.63, 3.8) is 0 Å². The number of carbonyl (C=O) groups is 2. The Morgan fingerprint density at radius 1 is 1.00 bits per heavy atom. The fraction of sp³-hybridized carbons (Fsp3) is 0.586. The molecule has 5 rings (SSSR count). The first-order valence-electron chi connectivity index (χ1n) is 13.9. The molecule has 3 aliphatic heterocycles. The fourth-order valence-electron chi connectivity index (χ4n) is 6.24. The molecule has 2 aromatic heterocycles. The van der Waals surface area contributed by atoms with Gasteiger partial charge in [0.05, 0.1) is 5.56 Å². The van der Waals surface area contributed by atoms with E-state index in [0.717, 1.165) is 44.2 Å². The molecular weight excluding hydrogens is 514 g/mol. The SMILES string of the molecule is CC(C)(C)c1ccc2c(n1)N1C[C@@H](CCC3CCCCC(=O)N3c3cccc(n3)S(=O)(=O)NC2=O)CC1(C)C. The summed E-state index contributed by atoms with van der Waals surface area (Å²) in [5.74, 6) is 0.382. The Kier molecular flexibility index (Phi) is 6.97. The van der Waals surface area contributed by atoms with Crippen LogP contribution in [0, 0.1) is 5.92 Å². The molecule has 2 atom stereocenters. The average Bonchev–Trinajstić information content (AvgIpc) is 3.04. The highest BCUT2D eigenvalue weighted by Gasteiger charge is 2.42. The first-order chi connectivity index (χ1) is 18.3. The van der Waals surface area contributed by atoms with Crippen molar-refractivity contribution in [1.82, 2.24) is 14.7 Å². The van der Waals surface area contributed by atoms with Crippen LogP contribution in [0.2, 0.25) is 0 Å². The van der Waals surface area contributed by atoms with Gasteiger partial charge >= 0.3 is 0 Å². The number of amides is 2. The molecule has 9 nitrogen and oxygen atoms in total. The Hall–Kier alpha value is -3.01. The molecular formula is C29H39N5O4S. The topological polar surface area (TPSA) is 113 Å². The Bertz CT molecular complexity index is 1400. The van der Waals surface area contributed by atoms with E-state index in [0.29, 0.717) is 30.5 Å². The van der Waals surface area contributed by atoms with E-state index in [4.69, 9.17) is 4.98 Å². The Morgan fingerprint density at radius 2 is 1.77 bits per heavy atom. The molecule has 4 bridgehead atoms. The molecule has 2 aromatic rings. The average molecular weight is 554 g/mol. The van der Waals surface area contributed by atoms with Gasteiger partial charge in [0.25, 0.3) is 15.9 Å². The van der Waals surface area contributed by atoms with Gasteiger partial charge in [-0.15, -0.1) is 0 Å². The summed E-state index contributed by atoms with van der Waals surface area (Å²) in [6.07, 6.45) is 5.62. The zero-order valence-corrected chi connectivity index (χ0v) is 24.3. The number of nitrogens with zero attached hydrogens (tertiary/aromatic N) is 4. The third kappa shape index (κ3) is 5.40. The Morgan fingerprint density at radius 3 is 2.51 bits per heavy atom. The number of nitrogens with one attached hydrogen (secondary N) is 1. The van der Waals surface area contributed by atoms with Gasteiger partial charge in [-0.25, -0.2) is 14.7 Å². The van der Waals surface area contributed by atoms with Crippen LogP contribution in [0.3, 0.4) is 0 Å². The van der Waals surface area contributed by atoms with Crippen LogP contribution in [0.4, 0.5) is 11.6 Å². The predicted molar refractivity (Wildman–Crippen MR) is 150 cm³/mol. The molecule has 39 heavy (non-hydrogen) atoms.